The second kappa shape index (κ2) is 5.72. The monoisotopic (exact) mass is 283 g/mol. The van der Waals surface area contributed by atoms with E-state index in [1.165, 1.54) is 18.4 Å². The van der Waals surface area contributed by atoms with E-state index in [-0.39, 0.29) is 5.56 Å². The van der Waals surface area contributed by atoms with Gasteiger partial charge in [0.25, 0.3) is 5.56 Å². The Hall–Kier alpha value is -2.10. The molecule has 1 aliphatic heterocycles. The smallest absolute Gasteiger partial charge is 0.256 e. The van der Waals surface area contributed by atoms with Gasteiger partial charge in [0.05, 0.1) is 5.69 Å². The molecule has 1 saturated heterocycles. The van der Waals surface area contributed by atoms with E-state index in [4.69, 9.17) is 0 Å². The maximum Gasteiger partial charge on any atom is 0.256 e. The molecule has 0 saturated carbocycles. The minimum atomic E-state index is -0.00928. The van der Waals surface area contributed by atoms with Gasteiger partial charge < -0.3 is 4.90 Å². The maximum atomic E-state index is 12.4. The molecule has 3 rings (SSSR count). The van der Waals surface area contributed by atoms with Crippen LogP contribution in [0.1, 0.15) is 35.2 Å². The minimum absolute atomic E-state index is 0.00928. The van der Waals surface area contributed by atoms with Crippen molar-refractivity contribution in [2.75, 3.05) is 18.0 Å². The van der Waals surface area contributed by atoms with Crippen molar-refractivity contribution < 1.29 is 0 Å². The molecule has 1 aliphatic rings. The fourth-order valence-corrected chi connectivity index (χ4v) is 2.79. The third-order valence-electron chi connectivity index (χ3n) is 4.12. The van der Waals surface area contributed by atoms with E-state index in [0.29, 0.717) is 6.42 Å². The molecular formula is C17H21N3O. The summed E-state index contributed by atoms with van der Waals surface area (Å²) in [5.41, 5.74) is 3.96. The predicted octanol–water partition coefficient (Wildman–Crippen LogP) is 2.58. The average Bonchev–Trinajstić information content (AvgIpc) is 2.99. The lowest BCUT2D eigenvalue weighted by Crippen LogP contribution is -2.26. The van der Waals surface area contributed by atoms with Crippen LogP contribution in [0.25, 0.3) is 0 Å². The SMILES string of the molecule is Cc1ccc(Cc2c(C)nc(N3CCCC3)[nH]c2=O)cc1. The van der Waals surface area contributed by atoms with Crippen LogP contribution < -0.4 is 10.5 Å². The molecule has 0 aliphatic carbocycles. The lowest BCUT2D eigenvalue weighted by atomic mass is 10.0. The molecule has 1 fully saturated rings. The number of benzene rings is 1. The van der Waals surface area contributed by atoms with Crippen LogP contribution in [0.15, 0.2) is 29.1 Å². The third-order valence-corrected chi connectivity index (χ3v) is 4.12. The molecule has 2 aromatic rings. The highest BCUT2D eigenvalue weighted by molar-refractivity contribution is 5.36. The Morgan fingerprint density at radius 2 is 1.81 bits per heavy atom. The molecule has 0 atom stereocenters. The molecule has 1 N–H and O–H groups in total. The first-order valence-electron chi connectivity index (χ1n) is 7.54. The summed E-state index contributed by atoms with van der Waals surface area (Å²) >= 11 is 0. The molecule has 4 nitrogen and oxygen atoms in total. The minimum Gasteiger partial charge on any atom is -0.342 e. The Kier molecular flexibility index (Phi) is 3.78. The lowest BCUT2D eigenvalue weighted by Gasteiger charge is -2.17. The van der Waals surface area contributed by atoms with Gasteiger partial charge in [-0.2, -0.15) is 0 Å². The zero-order valence-electron chi connectivity index (χ0n) is 12.6. The van der Waals surface area contributed by atoms with Crippen LogP contribution in [0.3, 0.4) is 0 Å². The number of hydrogen-bond acceptors (Lipinski definition) is 3. The number of nitrogens with zero attached hydrogens (tertiary/aromatic N) is 2. The molecule has 0 spiro atoms. The lowest BCUT2D eigenvalue weighted by molar-refractivity contribution is 0.863. The van der Waals surface area contributed by atoms with Gasteiger partial charge in [0, 0.05) is 25.1 Å². The number of aryl methyl sites for hydroxylation is 2. The summed E-state index contributed by atoms with van der Waals surface area (Å²) in [4.78, 5) is 22.1. The van der Waals surface area contributed by atoms with Crippen LogP contribution in [0, 0.1) is 13.8 Å². The zero-order valence-corrected chi connectivity index (χ0v) is 12.6. The van der Waals surface area contributed by atoms with Gasteiger partial charge in [-0.1, -0.05) is 29.8 Å². The van der Waals surface area contributed by atoms with Crippen LogP contribution in [-0.4, -0.2) is 23.1 Å². The van der Waals surface area contributed by atoms with Gasteiger partial charge >= 0.3 is 0 Å². The van der Waals surface area contributed by atoms with E-state index >= 15 is 0 Å². The molecule has 110 valence electrons. The van der Waals surface area contributed by atoms with Gasteiger partial charge in [-0.05, 0) is 32.3 Å². The predicted molar refractivity (Wildman–Crippen MR) is 85.0 cm³/mol. The number of anilines is 1. The number of rotatable bonds is 3. The van der Waals surface area contributed by atoms with Gasteiger partial charge in [0.2, 0.25) is 5.95 Å². The van der Waals surface area contributed by atoms with Crippen LogP contribution in [0.2, 0.25) is 0 Å². The first-order chi connectivity index (χ1) is 10.1. The Labute approximate surface area is 124 Å². The maximum absolute atomic E-state index is 12.4. The van der Waals surface area contributed by atoms with Crippen molar-refractivity contribution in [3.8, 4) is 0 Å². The van der Waals surface area contributed by atoms with Crippen molar-refractivity contribution >= 4 is 5.95 Å². The van der Waals surface area contributed by atoms with Crippen LogP contribution in [-0.2, 0) is 6.42 Å². The summed E-state index contributed by atoms with van der Waals surface area (Å²) in [5, 5.41) is 0. The fourth-order valence-electron chi connectivity index (χ4n) is 2.79. The molecule has 1 aromatic heterocycles. The molecular weight excluding hydrogens is 262 g/mol. The van der Waals surface area contributed by atoms with E-state index in [1.54, 1.807) is 0 Å². The Balaban J connectivity index is 1.88. The Bertz CT molecular complexity index is 682. The Morgan fingerprint density at radius 1 is 1.14 bits per heavy atom. The summed E-state index contributed by atoms with van der Waals surface area (Å²) in [7, 11) is 0. The molecule has 0 unspecified atom stereocenters. The molecule has 0 radical (unpaired) electrons. The molecule has 0 bridgehead atoms. The van der Waals surface area contributed by atoms with Gasteiger partial charge in [-0.25, -0.2) is 4.98 Å². The van der Waals surface area contributed by atoms with E-state index in [2.05, 4.69) is 46.1 Å². The quantitative estimate of drug-likeness (QED) is 0.942. The van der Waals surface area contributed by atoms with Gasteiger partial charge in [0.15, 0.2) is 0 Å². The summed E-state index contributed by atoms with van der Waals surface area (Å²) < 4.78 is 0. The van der Waals surface area contributed by atoms with Gasteiger partial charge in [-0.15, -0.1) is 0 Å². The number of aromatic amines is 1. The first kappa shape index (κ1) is 13.9. The summed E-state index contributed by atoms with van der Waals surface area (Å²) in [6, 6.07) is 8.29. The standard InChI is InChI=1S/C17H21N3O/c1-12-5-7-14(8-6-12)11-15-13(2)18-17(19-16(15)21)20-9-3-4-10-20/h5-8H,3-4,9-11H2,1-2H3,(H,18,19,21). The third kappa shape index (κ3) is 2.99. The number of hydrogen-bond donors (Lipinski definition) is 1. The number of H-pyrrole nitrogens is 1. The fraction of sp³-hybridized carbons (Fsp3) is 0.412. The molecule has 0 amide bonds. The van der Waals surface area contributed by atoms with Crippen LogP contribution in [0.5, 0.6) is 0 Å². The number of aromatic nitrogens is 2. The van der Waals surface area contributed by atoms with Crippen molar-refractivity contribution in [2.24, 2.45) is 0 Å². The summed E-state index contributed by atoms with van der Waals surface area (Å²) in [6.45, 7) is 5.96. The van der Waals surface area contributed by atoms with E-state index in [0.717, 1.165) is 35.9 Å². The van der Waals surface area contributed by atoms with Crippen molar-refractivity contribution in [3.05, 3.63) is 57.0 Å². The van der Waals surface area contributed by atoms with Crippen molar-refractivity contribution in [3.63, 3.8) is 0 Å². The largest absolute Gasteiger partial charge is 0.342 e. The molecule has 4 heteroatoms. The van der Waals surface area contributed by atoms with E-state index in [9.17, 15) is 4.79 Å². The first-order valence-corrected chi connectivity index (χ1v) is 7.54. The Morgan fingerprint density at radius 3 is 2.43 bits per heavy atom. The molecule has 2 heterocycles. The van der Waals surface area contributed by atoms with E-state index in [1.807, 2.05) is 6.92 Å². The van der Waals surface area contributed by atoms with Gasteiger partial charge in [-0.3, -0.25) is 9.78 Å². The van der Waals surface area contributed by atoms with Gasteiger partial charge in [0.1, 0.15) is 0 Å². The highest BCUT2D eigenvalue weighted by atomic mass is 16.1. The highest BCUT2D eigenvalue weighted by Gasteiger charge is 2.17. The van der Waals surface area contributed by atoms with E-state index < -0.39 is 0 Å². The average molecular weight is 283 g/mol. The molecule has 1 aromatic carbocycles. The topological polar surface area (TPSA) is 49.0 Å². The number of nitrogens with one attached hydrogen (secondary N) is 1. The zero-order chi connectivity index (χ0) is 14.8. The van der Waals surface area contributed by atoms with Crippen LogP contribution in [0.4, 0.5) is 5.95 Å². The van der Waals surface area contributed by atoms with Crippen LogP contribution >= 0.6 is 0 Å². The summed E-state index contributed by atoms with van der Waals surface area (Å²) in [5.74, 6) is 0.725. The molecule has 21 heavy (non-hydrogen) atoms. The second-order valence-corrected chi connectivity index (χ2v) is 5.81. The highest BCUT2D eigenvalue weighted by Crippen LogP contribution is 2.16. The summed E-state index contributed by atoms with van der Waals surface area (Å²) in [6.07, 6.45) is 2.98. The van der Waals surface area contributed by atoms with Crippen molar-refractivity contribution in [1.29, 1.82) is 0 Å². The normalized spacial score (nSPS) is 14.7. The second-order valence-electron chi connectivity index (χ2n) is 5.81. The van der Waals surface area contributed by atoms with Crippen molar-refractivity contribution in [1.82, 2.24) is 9.97 Å². The van der Waals surface area contributed by atoms with Crippen molar-refractivity contribution in [2.45, 2.75) is 33.1 Å².